The molecule has 2 aliphatic rings. The van der Waals surface area contributed by atoms with Crippen molar-refractivity contribution in [3.8, 4) is 22.3 Å². The highest BCUT2D eigenvalue weighted by atomic mass is 35.5. The van der Waals surface area contributed by atoms with Crippen molar-refractivity contribution in [3.63, 3.8) is 0 Å². The standard InChI is InChI=1S/C52H65ClN6O7S/c1-31(2)46(49(64)59-28-38(60)23-42(59)48(63)57-32(3)35-15-17-36(18-16-35)47-33(4)56-30-67-47)58-45(62)29-65-22-12-10-9-11-13-34-14-21-41(55-27-34)43(61)25-44-51(5,6)50(52(44,7)8)66-39-20-19-37(26-54)40(53)24-39/h14-21,24,27,30-32,38,42,44,46,50,60H,9-13,22-23,25,28-29H2,1-8H3,(H,57,63)(H,58,62)/t32-,38+,42-,44?,46-,50?/m0/s1. The number of nitrogens with zero attached hydrogens (tertiary/aromatic N) is 4. The van der Waals surface area contributed by atoms with E-state index in [1.807, 2.05) is 69.6 Å². The summed E-state index contributed by atoms with van der Waals surface area (Å²) >= 11 is 7.82. The summed E-state index contributed by atoms with van der Waals surface area (Å²) in [4.78, 5) is 65.2. The van der Waals surface area contributed by atoms with Gasteiger partial charge in [-0.15, -0.1) is 11.3 Å². The molecule has 2 aromatic carbocycles. The van der Waals surface area contributed by atoms with Crippen molar-refractivity contribution in [2.45, 2.75) is 131 Å². The maximum absolute atomic E-state index is 13.9. The van der Waals surface area contributed by atoms with Gasteiger partial charge in [0.1, 0.15) is 42.3 Å². The third kappa shape index (κ3) is 12.3. The first-order chi connectivity index (χ1) is 31.8. The van der Waals surface area contributed by atoms with Crippen LogP contribution in [0.25, 0.3) is 10.4 Å². The normalized spacial score (nSPS) is 20.4. The second-order valence-electron chi connectivity index (χ2n) is 19.6. The van der Waals surface area contributed by atoms with Crippen molar-refractivity contribution in [2.24, 2.45) is 22.7 Å². The third-order valence-corrected chi connectivity index (χ3v) is 14.9. The number of halogens is 1. The fraction of sp³-hybridized carbons (Fsp3) is 0.519. The van der Waals surface area contributed by atoms with E-state index in [9.17, 15) is 29.5 Å². The van der Waals surface area contributed by atoms with Gasteiger partial charge in [0.2, 0.25) is 17.7 Å². The minimum absolute atomic E-state index is 0.00121. The molecule has 2 fully saturated rings. The SMILES string of the molecule is Cc1ncsc1-c1ccc([C@H](C)NC(=O)[C@@H]2C[C@@H](O)CN2C(=O)[C@@H](NC(=O)COCCCCCCc2ccc(C(=O)CC3C(C)(C)C(Oc4ccc(C#N)c(Cl)c4)C3(C)C)nc2)C(C)C)cc1. The minimum Gasteiger partial charge on any atom is -0.489 e. The maximum Gasteiger partial charge on any atom is 0.246 e. The molecule has 1 aliphatic carbocycles. The number of aliphatic hydroxyl groups is 1. The first-order valence-corrected chi connectivity index (χ1v) is 24.6. The summed E-state index contributed by atoms with van der Waals surface area (Å²) in [5.74, 6) is -0.784. The number of ketones is 1. The van der Waals surface area contributed by atoms with Crippen LogP contribution >= 0.6 is 22.9 Å². The summed E-state index contributed by atoms with van der Waals surface area (Å²) < 4.78 is 12.1. The number of aromatic nitrogens is 2. The first kappa shape index (κ1) is 51.2. The molecule has 3 heterocycles. The molecule has 3 amide bonds. The van der Waals surface area contributed by atoms with E-state index in [-0.39, 0.29) is 66.1 Å². The number of likely N-dealkylation sites (tertiary alicyclic amines) is 1. The van der Waals surface area contributed by atoms with Gasteiger partial charge in [0.05, 0.1) is 38.8 Å². The molecular weight excluding hydrogens is 888 g/mol. The maximum atomic E-state index is 13.9. The van der Waals surface area contributed by atoms with Crippen molar-refractivity contribution in [2.75, 3.05) is 19.8 Å². The number of nitrogens with one attached hydrogen (secondary N) is 2. The first-order valence-electron chi connectivity index (χ1n) is 23.3. The second-order valence-corrected chi connectivity index (χ2v) is 20.9. The zero-order chi connectivity index (χ0) is 48.6. The number of carbonyl (C=O) groups excluding carboxylic acids is 4. The Morgan fingerprint density at radius 2 is 1.69 bits per heavy atom. The van der Waals surface area contributed by atoms with Crippen molar-refractivity contribution >= 4 is 46.4 Å². The number of nitriles is 1. The summed E-state index contributed by atoms with van der Waals surface area (Å²) in [6.07, 6.45) is 5.64. The van der Waals surface area contributed by atoms with Gasteiger partial charge in [-0.25, -0.2) is 4.98 Å². The van der Waals surface area contributed by atoms with Gasteiger partial charge in [-0.1, -0.05) is 96.3 Å². The van der Waals surface area contributed by atoms with E-state index in [1.165, 1.54) is 4.90 Å². The number of thiazole rings is 1. The molecule has 0 spiro atoms. The number of benzene rings is 2. The monoisotopic (exact) mass is 952 g/mol. The van der Waals surface area contributed by atoms with E-state index in [0.717, 1.165) is 59.4 Å². The molecule has 13 nitrogen and oxygen atoms in total. The Labute approximate surface area is 404 Å². The molecule has 0 bridgehead atoms. The van der Waals surface area contributed by atoms with Gasteiger partial charge in [-0.3, -0.25) is 24.2 Å². The highest BCUT2D eigenvalue weighted by Crippen LogP contribution is 2.61. The quantitative estimate of drug-likeness (QED) is 0.0539. The molecule has 4 aromatic rings. The Bertz CT molecular complexity index is 2400. The number of hydrogen-bond donors (Lipinski definition) is 3. The number of ether oxygens (including phenoxy) is 2. The molecule has 4 atom stereocenters. The van der Waals surface area contributed by atoms with Gasteiger partial charge >= 0.3 is 0 Å². The average molecular weight is 954 g/mol. The lowest BCUT2D eigenvalue weighted by Gasteiger charge is -2.63. The number of aryl methyl sites for hydroxylation is 2. The summed E-state index contributed by atoms with van der Waals surface area (Å²) in [6.45, 7) is 16.2. The molecule has 0 unspecified atom stereocenters. The fourth-order valence-electron chi connectivity index (χ4n) is 10.00. The molecule has 1 saturated heterocycles. The number of hydrogen-bond acceptors (Lipinski definition) is 11. The van der Waals surface area contributed by atoms with Crippen LogP contribution in [0.3, 0.4) is 0 Å². The van der Waals surface area contributed by atoms with Crippen LogP contribution in [0, 0.1) is 40.9 Å². The van der Waals surface area contributed by atoms with Crippen LogP contribution in [-0.2, 0) is 25.5 Å². The predicted molar refractivity (Wildman–Crippen MR) is 260 cm³/mol. The van der Waals surface area contributed by atoms with Gasteiger partial charge in [0.15, 0.2) is 5.78 Å². The molecule has 15 heteroatoms. The van der Waals surface area contributed by atoms with E-state index >= 15 is 0 Å². The van der Waals surface area contributed by atoms with Crippen molar-refractivity contribution in [1.82, 2.24) is 25.5 Å². The zero-order valence-electron chi connectivity index (χ0n) is 39.9. The number of rotatable bonds is 21. The average Bonchev–Trinajstić information content (AvgIpc) is 3.92. The third-order valence-electron chi connectivity index (χ3n) is 13.6. The number of Topliss-reactive ketones (excluding diaryl/α,β-unsaturated/α-hetero) is 1. The van der Waals surface area contributed by atoms with Crippen molar-refractivity contribution in [3.05, 3.63) is 99.4 Å². The van der Waals surface area contributed by atoms with Crippen molar-refractivity contribution in [1.29, 1.82) is 5.26 Å². The molecule has 1 saturated carbocycles. The van der Waals surface area contributed by atoms with Crippen LogP contribution in [0.1, 0.15) is 126 Å². The molecule has 2 aromatic heterocycles. The highest BCUT2D eigenvalue weighted by Gasteiger charge is 2.63. The Morgan fingerprint density at radius 1 is 0.970 bits per heavy atom. The van der Waals surface area contributed by atoms with Gasteiger partial charge in [0, 0.05) is 49.1 Å². The number of carbonyl (C=O) groups is 4. The molecule has 3 N–H and O–H groups in total. The largest absolute Gasteiger partial charge is 0.489 e. The zero-order valence-corrected chi connectivity index (χ0v) is 41.5. The van der Waals surface area contributed by atoms with Crippen LogP contribution in [0.4, 0.5) is 0 Å². The number of pyridine rings is 1. The van der Waals surface area contributed by atoms with Crippen LogP contribution in [0.2, 0.25) is 5.02 Å². The number of β-amino-alcohol motifs (C(OH)–C–C–N with tert-alkyl or cyclic N) is 1. The van der Waals surface area contributed by atoms with Gasteiger partial charge in [0.25, 0.3) is 0 Å². The molecular formula is C52H65ClN6O7S. The Kier molecular flexibility index (Phi) is 17.0. The topological polar surface area (TPSA) is 184 Å². The number of aliphatic hydroxyl groups excluding tert-OH is 1. The summed E-state index contributed by atoms with van der Waals surface area (Å²) in [6, 6.07) is 16.8. The van der Waals surface area contributed by atoms with Crippen LogP contribution in [-0.4, -0.2) is 87.5 Å². The Morgan fingerprint density at radius 3 is 2.31 bits per heavy atom. The number of unbranched alkanes of at least 4 members (excludes halogenated alkanes) is 3. The summed E-state index contributed by atoms with van der Waals surface area (Å²) in [5.41, 5.74) is 6.09. The fourth-order valence-corrected chi connectivity index (χ4v) is 11.0. The van der Waals surface area contributed by atoms with E-state index < -0.39 is 30.0 Å². The summed E-state index contributed by atoms with van der Waals surface area (Å²) in [7, 11) is 0. The predicted octanol–water partition coefficient (Wildman–Crippen LogP) is 8.84. The van der Waals surface area contributed by atoms with Gasteiger partial charge in [-0.2, -0.15) is 5.26 Å². The van der Waals surface area contributed by atoms with Gasteiger partial charge < -0.3 is 30.1 Å². The Hall–Kier alpha value is -5.20. The van der Waals surface area contributed by atoms with Crippen LogP contribution in [0.5, 0.6) is 5.75 Å². The van der Waals surface area contributed by atoms with Crippen LogP contribution < -0.4 is 15.4 Å². The Balaban J connectivity index is 0.873. The molecule has 358 valence electrons. The summed E-state index contributed by atoms with van der Waals surface area (Å²) in [5, 5.41) is 26.0. The number of amides is 3. The molecule has 1 aliphatic heterocycles. The minimum atomic E-state index is -0.892. The lowest BCUT2D eigenvalue weighted by molar-refractivity contribution is -0.196. The van der Waals surface area contributed by atoms with E-state index in [4.69, 9.17) is 21.1 Å². The van der Waals surface area contributed by atoms with Crippen LogP contribution in [0.15, 0.2) is 66.3 Å². The highest BCUT2D eigenvalue weighted by molar-refractivity contribution is 7.13. The molecule has 6 rings (SSSR count). The van der Waals surface area contributed by atoms with E-state index in [1.54, 1.807) is 35.7 Å². The molecule has 0 radical (unpaired) electrons. The lowest BCUT2D eigenvalue weighted by atomic mass is 9.44. The second kappa shape index (κ2) is 22.3. The smallest absolute Gasteiger partial charge is 0.246 e. The van der Waals surface area contributed by atoms with Crippen molar-refractivity contribution < 1.29 is 33.8 Å². The van der Waals surface area contributed by atoms with Gasteiger partial charge in [-0.05, 0) is 79.8 Å². The molecule has 67 heavy (non-hydrogen) atoms. The van der Waals surface area contributed by atoms with E-state index in [2.05, 4.69) is 54.4 Å². The van der Waals surface area contributed by atoms with E-state index in [0.29, 0.717) is 35.1 Å². The lowest BCUT2D eigenvalue weighted by Crippen LogP contribution is -2.66.